The molecule has 0 aliphatic carbocycles. The van der Waals surface area contributed by atoms with Crippen LogP contribution >= 0.6 is 0 Å². The van der Waals surface area contributed by atoms with Crippen molar-refractivity contribution < 1.29 is 18.7 Å². The van der Waals surface area contributed by atoms with E-state index >= 15 is 0 Å². The monoisotopic (exact) mass is 296 g/mol. The van der Waals surface area contributed by atoms with Crippen molar-refractivity contribution in [1.82, 2.24) is 0 Å². The van der Waals surface area contributed by atoms with Crippen molar-refractivity contribution in [3.63, 3.8) is 0 Å². The van der Waals surface area contributed by atoms with E-state index < -0.39 is 5.97 Å². The summed E-state index contributed by atoms with van der Waals surface area (Å²) >= 11 is 0. The number of ether oxygens (including phenoxy) is 2. The summed E-state index contributed by atoms with van der Waals surface area (Å²) in [6, 6.07) is 9.60. The molecule has 0 radical (unpaired) electrons. The number of methoxy groups -OCH3 is 1. The first-order valence-corrected chi connectivity index (χ1v) is 6.51. The molecule has 0 atom stereocenters. The summed E-state index contributed by atoms with van der Waals surface area (Å²) < 4.78 is 15.9. The number of carbonyl (C=O) groups excluding carboxylic acids is 1. The molecule has 0 aliphatic heterocycles. The Kier molecular flexibility index (Phi) is 3.39. The van der Waals surface area contributed by atoms with E-state index in [2.05, 4.69) is 6.58 Å². The fourth-order valence-electron chi connectivity index (χ4n) is 2.16. The van der Waals surface area contributed by atoms with Crippen LogP contribution in [0.15, 0.2) is 58.3 Å². The second kappa shape index (κ2) is 5.37. The second-order valence-electron chi connectivity index (χ2n) is 4.58. The zero-order valence-corrected chi connectivity index (χ0v) is 11.8. The Hall–Kier alpha value is -3.08. The molecule has 5 nitrogen and oxygen atoms in total. The SMILES string of the molecule is C=CC(=O)Oc1ccc2oc3cc(OC)ccc3c(=O)c2c1. The van der Waals surface area contributed by atoms with Crippen LogP contribution in [-0.4, -0.2) is 13.1 Å². The van der Waals surface area contributed by atoms with Crippen LogP contribution in [0.4, 0.5) is 0 Å². The Balaban J connectivity index is 2.22. The maximum Gasteiger partial charge on any atom is 0.335 e. The third-order valence-corrected chi connectivity index (χ3v) is 3.23. The summed E-state index contributed by atoms with van der Waals surface area (Å²) in [6.45, 7) is 3.33. The Morgan fingerprint density at radius 1 is 1.09 bits per heavy atom. The molecule has 1 aromatic heterocycles. The van der Waals surface area contributed by atoms with Crippen molar-refractivity contribution in [2.45, 2.75) is 0 Å². The Labute approximate surface area is 125 Å². The highest BCUT2D eigenvalue weighted by molar-refractivity contribution is 5.91. The molecule has 0 bridgehead atoms. The number of esters is 1. The van der Waals surface area contributed by atoms with Gasteiger partial charge in [-0.1, -0.05) is 6.58 Å². The highest BCUT2D eigenvalue weighted by atomic mass is 16.5. The maximum absolute atomic E-state index is 12.5. The number of fused-ring (bicyclic) bond motifs is 2. The molecule has 1 heterocycles. The minimum atomic E-state index is -0.589. The molecule has 5 heteroatoms. The van der Waals surface area contributed by atoms with E-state index in [0.29, 0.717) is 27.7 Å². The molecule has 3 rings (SSSR count). The molecule has 0 fully saturated rings. The first kappa shape index (κ1) is 13.9. The highest BCUT2D eigenvalue weighted by Gasteiger charge is 2.10. The summed E-state index contributed by atoms with van der Waals surface area (Å²) in [7, 11) is 1.54. The average molecular weight is 296 g/mol. The van der Waals surface area contributed by atoms with Gasteiger partial charge in [-0.15, -0.1) is 0 Å². The lowest BCUT2D eigenvalue weighted by Crippen LogP contribution is -2.05. The fourth-order valence-corrected chi connectivity index (χ4v) is 2.16. The van der Waals surface area contributed by atoms with Crippen LogP contribution in [0.2, 0.25) is 0 Å². The van der Waals surface area contributed by atoms with Gasteiger partial charge in [-0.05, 0) is 30.3 Å². The molecule has 0 saturated heterocycles. The fraction of sp³-hybridized carbons (Fsp3) is 0.0588. The minimum Gasteiger partial charge on any atom is -0.497 e. The molecule has 0 aliphatic rings. The lowest BCUT2D eigenvalue weighted by atomic mass is 10.1. The molecule has 110 valence electrons. The van der Waals surface area contributed by atoms with Gasteiger partial charge in [0.2, 0.25) is 5.43 Å². The van der Waals surface area contributed by atoms with E-state index in [0.717, 1.165) is 6.08 Å². The van der Waals surface area contributed by atoms with Crippen molar-refractivity contribution in [2.75, 3.05) is 7.11 Å². The van der Waals surface area contributed by atoms with E-state index in [4.69, 9.17) is 13.9 Å². The third-order valence-electron chi connectivity index (χ3n) is 3.23. The van der Waals surface area contributed by atoms with Gasteiger partial charge in [0.15, 0.2) is 0 Å². The van der Waals surface area contributed by atoms with Gasteiger partial charge >= 0.3 is 5.97 Å². The summed E-state index contributed by atoms with van der Waals surface area (Å²) in [6.07, 6.45) is 1.05. The van der Waals surface area contributed by atoms with Gasteiger partial charge in [0, 0.05) is 12.1 Å². The van der Waals surface area contributed by atoms with Crippen molar-refractivity contribution in [1.29, 1.82) is 0 Å². The molecule has 22 heavy (non-hydrogen) atoms. The lowest BCUT2D eigenvalue weighted by molar-refractivity contribution is -0.128. The van der Waals surface area contributed by atoms with E-state index in [1.807, 2.05) is 0 Å². The predicted molar refractivity (Wildman–Crippen MR) is 82.4 cm³/mol. The van der Waals surface area contributed by atoms with Gasteiger partial charge in [-0.2, -0.15) is 0 Å². The molecule has 0 saturated carbocycles. The molecule has 0 amide bonds. The summed E-state index contributed by atoms with van der Waals surface area (Å²) in [4.78, 5) is 23.8. The van der Waals surface area contributed by atoms with Gasteiger partial charge in [-0.3, -0.25) is 4.79 Å². The number of hydrogen-bond acceptors (Lipinski definition) is 5. The summed E-state index contributed by atoms with van der Waals surface area (Å²) in [5, 5.41) is 0.771. The topological polar surface area (TPSA) is 65.7 Å². The van der Waals surface area contributed by atoms with E-state index in [9.17, 15) is 9.59 Å². The zero-order valence-electron chi connectivity index (χ0n) is 11.8. The maximum atomic E-state index is 12.5. The van der Waals surface area contributed by atoms with E-state index in [-0.39, 0.29) is 11.2 Å². The Morgan fingerprint density at radius 2 is 1.86 bits per heavy atom. The quantitative estimate of drug-likeness (QED) is 0.322. The molecule has 3 aromatic rings. The summed E-state index contributed by atoms with van der Waals surface area (Å²) in [5.74, 6) is 0.276. The van der Waals surface area contributed by atoms with Crippen LogP contribution in [-0.2, 0) is 4.79 Å². The average Bonchev–Trinajstić information content (AvgIpc) is 2.55. The highest BCUT2D eigenvalue weighted by Crippen LogP contribution is 2.25. The van der Waals surface area contributed by atoms with Crippen LogP contribution in [0.5, 0.6) is 11.5 Å². The van der Waals surface area contributed by atoms with Crippen molar-refractivity contribution in [2.24, 2.45) is 0 Å². The van der Waals surface area contributed by atoms with Crippen molar-refractivity contribution >= 4 is 27.9 Å². The van der Waals surface area contributed by atoms with Gasteiger partial charge in [0.25, 0.3) is 0 Å². The van der Waals surface area contributed by atoms with Crippen LogP contribution in [0.1, 0.15) is 0 Å². The standard InChI is InChI=1S/C17H12O5/c1-3-16(18)21-11-5-7-14-13(8-11)17(19)12-6-4-10(20-2)9-15(12)22-14/h3-9H,1H2,2H3. The van der Waals surface area contributed by atoms with Crippen molar-refractivity contribution in [3.8, 4) is 11.5 Å². The molecular formula is C17H12O5. The Bertz CT molecular complexity index is 952. The van der Waals surface area contributed by atoms with Crippen LogP contribution in [0, 0.1) is 0 Å². The number of carbonyl (C=O) groups is 1. The van der Waals surface area contributed by atoms with Crippen molar-refractivity contribution in [3.05, 3.63) is 59.3 Å². The zero-order chi connectivity index (χ0) is 15.7. The number of rotatable bonds is 3. The lowest BCUT2D eigenvalue weighted by Gasteiger charge is -2.05. The van der Waals surface area contributed by atoms with Crippen LogP contribution in [0.25, 0.3) is 21.9 Å². The van der Waals surface area contributed by atoms with Gasteiger partial charge in [-0.25, -0.2) is 4.79 Å². The van der Waals surface area contributed by atoms with Gasteiger partial charge in [0.1, 0.15) is 22.7 Å². The number of hydrogen-bond donors (Lipinski definition) is 0. The van der Waals surface area contributed by atoms with Crippen LogP contribution in [0.3, 0.4) is 0 Å². The molecule has 2 aromatic carbocycles. The van der Waals surface area contributed by atoms with Gasteiger partial charge in [0.05, 0.1) is 17.9 Å². The molecule has 0 spiro atoms. The van der Waals surface area contributed by atoms with E-state index in [1.165, 1.54) is 6.07 Å². The molecule has 0 N–H and O–H groups in total. The second-order valence-corrected chi connectivity index (χ2v) is 4.58. The van der Waals surface area contributed by atoms with Crippen LogP contribution < -0.4 is 14.9 Å². The molecular weight excluding hydrogens is 284 g/mol. The predicted octanol–water partition coefficient (Wildman–Crippen LogP) is 3.05. The molecule has 0 unspecified atom stereocenters. The largest absolute Gasteiger partial charge is 0.497 e. The first-order valence-electron chi connectivity index (χ1n) is 6.51. The summed E-state index contributed by atoms with van der Waals surface area (Å²) in [5.41, 5.74) is 0.646. The van der Waals surface area contributed by atoms with E-state index in [1.54, 1.807) is 37.4 Å². The third kappa shape index (κ3) is 2.33. The minimum absolute atomic E-state index is 0.199. The van der Waals surface area contributed by atoms with Gasteiger partial charge < -0.3 is 13.9 Å². The Morgan fingerprint density at radius 3 is 2.59 bits per heavy atom. The first-order chi connectivity index (χ1) is 10.6. The smallest absolute Gasteiger partial charge is 0.335 e. The number of benzene rings is 2. The normalized spacial score (nSPS) is 10.6.